The molecule has 2 heteroatoms. The van der Waals surface area contributed by atoms with Crippen LogP contribution in [0.3, 0.4) is 0 Å². The lowest BCUT2D eigenvalue weighted by Gasteiger charge is -2.19. The van der Waals surface area contributed by atoms with Crippen LogP contribution in [-0.4, -0.2) is 11.4 Å². The lowest BCUT2D eigenvalue weighted by molar-refractivity contribution is -0.126. The van der Waals surface area contributed by atoms with E-state index in [1.165, 1.54) is 5.56 Å². The average molecular weight is 259 g/mol. The summed E-state index contributed by atoms with van der Waals surface area (Å²) in [5.74, 6) is 0.904. The summed E-state index contributed by atoms with van der Waals surface area (Å²) in [7, 11) is 0. The molecule has 3 atom stereocenters. The molecule has 1 aliphatic rings. The summed E-state index contributed by atoms with van der Waals surface area (Å²) in [6.45, 7) is 6.41. The van der Waals surface area contributed by atoms with E-state index in [2.05, 4.69) is 50.4 Å². The van der Waals surface area contributed by atoms with Crippen molar-refractivity contribution in [2.24, 2.45) is 5.92 Å². The molecule has 1 N–H and O–H groups in total. The first-order valence-corrected chi connectivity index (χ1v) is 7.47. The highest BCUT2D eigenvalue weighted by Gasteiger charge is 2.52. The number of carbonyl (C=O) groups is 1. The summed E-state index contributed by atoms with van der Waals surface area (Å²) in [4.78, 5) is 12.3. The number of nitrogens with one attached hydrogen (secondary N) is 1. The van der Waals surface area contributed by atoms with Crippen molar-refractivity contribution in [1.82, 2.24) is 5.32 Å². The standard InChI is InChI=1S/C17H25NO/c1-4-9-13(5-2)16(19)18-17(3)12-15(17)14-10-7-6-8-11-14/h6-8,10-11,13,15H,4-5,9,12H2,1-3H3,(H,18,19)/t13?,15-,17+/m1/s1. The lowest BCUT2D eigenvalue weighted by atomic mass is 9.99. The van der Waals surface area contributed by atoms with Gasteiger partial charge in [0.2, 0.25) is 5.91 Å². The van der Waals surface area contributed by atoms with E-state index in [0.29, 0.717) is 5.92 Å². The first-order chi connectivity index (χ1) is 9.10. The van der Waals surface area contributed by atoms with E-state index in [-0.39, 0.29) is 17.4 Å². The Labute approximate surface area is 116 Å². The molecule has 1 aromatic carbocycles. The Bertz CT molecular complexity index is 428. The maximum Gasteiger partial charge on any atom is 0.223 e. The molecule has 2 rings (SSSR count). The van der Waals surface area contributed by atoms with Gasteiger partial charge in [0.25, 0.3) is 0 Å². The molecule has 19 heavy (non-hydrogen) atoms. The van der Waals surface area contributed by atoms with Gasteiger partial charge in [-0.2, -0.15) is 0 Å². The molecule has 0 radical (unpaired) electrons. The summed E-state index contributed by atoms with van der Waals surface area (Å²) in [5.41, 5.74) is 1.31. The third-order valence-electron chi connectivity index (χ3n) is 4.35. The maximum atomic E-state index is 12.3. The van der Waals surface area contributed by atoms with Crippen LogP contribution in [0.5, 0.6) is 0 Å². The Morgan fingerprint density at radius 3 is 2.63 bits per heavy atom. The second-order valence-electron chi connectivity index (χ2n) is 5.97. The van der Waals surface area contributed by atoms with Crippen LogP contribution in [0.25, 0.3) is 0 Å². The monoisotopic (exact) mass is 259 g/mol. The average Bonchev–Trinajstić information content (AvgIpc) is 3.08. The Balaban J connectivity index is 1.95. The number of amides is 1. The van der Waals surface area contributed by atoms with Gasteiger partial charge in [-0.1, -0.05) is 50.6 Å². The highest BCUT2D eigenvalue weighted by molar-refractivity contribution is 5.80. The van der Waals surface area contributed by atoms with Crippen molar-refractivity contribution < 1.29 is 4.79 Å². The smallest absolute Gasteiger partial charge is 0.223 e. The summed E-state index contributed by atoms with van der Waals surface area (Å²) in [5, 5.41) is 3.28. The summed E-state index contributed by atoms with van der Waals surface area (Å²) >= 11 is 0. The van der Waals surface area contributed by atoms with Crippen molar-refractivity contribution in [3.63, 3.8) is 0 Å². The zero-order chi connectivity index (χ0) is 13.9. The first-order valence-electron chi connectivity index (χ1n) is 7.47. The summed E-state index contributed by atoms with van der Waals surface area (Å²) < 4.78 is 0. The fourth-order valence-electron chi connectivity index (χ4n) is 2.93. The molecule has 1 unspecified atom stereocenters. The predicted octanol–water partition coefficient (Wildman–Crippen LogP) is 3.88. The van der Waals surface area contributed by atoms with Crippen LogP contribution in [-0.2, 0) is 4.79 Å². The number of hydrogen-bond acceptors (Lipinski definition) is 1. The van der Waals surface area contributed by atoms with Gasteiger partial charge in [-0.15, -0.1) is 0 Å². The Morgan fingerprint density at radius 2 is 2.05 bits per heavy atom. The normalized spacial score (nSPS) is 26.8. The molecule has 0 aliphatic heterocycles. The second-order valence-corrected chi connectivity index (χ2v) is 5.97. The van der Waals surface area contributed by atoms with Gasteiger partial charge in [0.05, 0.1) is 0 Å². The zero-order valence-electron chi connectivity index (χ0n) is 12.3. The van der Waals surface area contributed by atoms with E-state index < -0.39 is 0 Å². The van der Waals surface area contributed by atoms with Crippen LogP contribution < -0.4 is 5.32 Å². The van der Waals surface area contributed by atoms with Crippen molar-refractivity contribution in [3.8, 4) is 0 Å². The van der Waals surface area contributed by atoms with Crippen LogP contribution in [0.1, 0.15) is 57.9 Å². The van der Waals surface area contributed by atoms with Crippen LogP contribution in [0.15, 0.2) is 30.3 Å². The maximum absolute atomic E-state index is 12.3. The Morgan fingerprint density at radius 1 is 1.37 bits per heavy atom. The Hall–Kier alpha value is -1.31. The molecular formula is C17H25NO. The quantitative estimate of drug-likeness (QED) is 0.825. The molecule has 1 saturated carbocycles. The molecule has 0 aromatic heterocycles. The van der Waals surface area contributed by atoms with Crippen LogP contribution >= 0.6 is 0 Å². The highest BCUT2D eigenvalue weighted by Crippen LogP contribution is 2.51. The van der Waals surface area contributed by atoms with Gasteiger partial charge in [-0.3, -0.25) is 4.79 Å². The van der Waals surface area contributed by atoms with E-state index in [4.69, 9.17) is 0 Å². The highest BCUT2D eigenvalue weighted by atomic mass is 16.2. The zero-order valence-corrected chi connectivity index (χ0v) is 12.3. The van der Waals surface area contributed by atoms with Crippen molar-refractivity contribution >= 4 is 5.91 Å². The molecule has 0 spiro atoms. The topological polar surface area (TPSA) is 29.1 Å². The number of rotatable bonds is 6. The molecule has 1 fully saturated rings. The molecule has 2 nitrogen and oxygen atoms in total. The van der Waals surface area contributed by atoms with Gasteiger partial charge in [-0.05, 0) is 31.7 Å². The molecule has 0 saturated heterocycles. The van der Waals surface area contributed by atoms with E-state index in [0.717, 1.165) is 25.7 Å². The Kier molecular flexibility index (Phi) is 4.28. The van der Waals surface area contributed by atoms with Crippen molar-refractivity contribution in [3.05, 3.63) is 35.9 Å². The van der Waals surface area contributed by atoms with Gasteiger partial charge in [0.15, 0.2) is 0 Å². The van der Waals surface area contributed by atoms with Gasteiger partial charge < -0.3 is 5.32 Å². The molecule has 0 heterocycles. The van der Waals surface area contributed by atoms with Crippen LogP contribution in [0.4, 0.5) is 0 Å². The molecule has 1 aromatic rings. The van der Waals surface area contributed by atoms with Crippen LogP contribution in [0.2, 0.25) is 0 Å². The third kappa shape index (κ3) is 3.17. The molecule has 1 aliphatic carbocycles. The number of benzene rings is 1. The van der Waals surface area contributed by atoms with Crippen LogP contribution in [0, 0.1) is 5.92 Å². The third-order valence-corrected chi connectivity index (χ3v) is 4.35. The van der Waals surface area contributed by atoms with Gasteiger partial charge in [0, 0.05) is 17.4 Å². The van der Waals surface area contributed by atoms with Gasteiger partial charge >= 0.3 is 0 Å². The number of hydrogen-bond donors (Lipinski definition) is 1. The van der Waals surface area contributed by atoms with E-state index in [1.54, 1.807) is 0 Å². The summed E-state index contributed by atoms with van der Waals surface area (Å²) in [6.07, 6.45) is 4.07. The first kappa shape index (κ1) is 14.1. The van der Waals surface area contributed by atoms with Crippen molar-refractivity contribution in [2.75, 3.05) is 0 Å². The number of carbonyl (C=O) groups excluding carboxylic acids is 1. The minimum absolute atomic E-state index is 0.0282. The van der Waals surface area contributed by atoms with Gasteiger partial charge in [-0.25, -0.2) is 0 Å². The minimum Gasteiger partial charge on any atom is -0.350 e. The second kappa shape index (κ2) is 5.77. The van der Waals surface area contributed by atoms with E-state index in [1.807, 2.05) is 6.07 Å². The molecular weight excluding hydrogens is 234 g/mol. The SMILES string of the molecule is CCCC(CC)C(=O)N[C@@]1(C)C[C@@H]1c1ccccc1. The molecule has 0 bridgehead atoms. The van der Waals surface area contributed by atoms with Gasteiger partial charge in [0.1, 0.15) is 0 Å². The van der Waals surface area contributed by atoms with E-state index in [9.17, 15) is 4.79 Å². The van der Waals surface area contributed by atoms with Crippen molar-refractivity contribution in [2.45, 2.75) is 57.9 Å². The van der Waals surface area contributed by atoms with E-state index >= 15 is 0 Å². The molecule has 1 amide bonds. The minimum atomic E-state index is -0.0282. The lowest BCUT2D eigenvalue weighted by Crippen LogP contribution is -2.39. The van der Waals surface area contributed by atoms with Crippen molar-refractivity contribution in [1.29, 1.82) is 0 Å². The fraction of sp³-hybridized carbons (Fsp3) is 0.588. The largest absolute Gasteiger partial charge is 0.350 e. The summed E-state index contributed by atoms with van der Waals surface area (Å²) in [6, 6.07) is 10.5. The predicted molar refractivity (Wildman–Crippen MR) is 79.0 cm³/mol. The fourth-order valence-corrected chi connectivity index (χ4v) is 2.93. The molecule has 104 valence electrons.